The molecule has 0 unspecified atom stereocenters. The molecular formula is C22H30N4O5. The van der Waals surface area contributed by atoms with Crippen molar-refractivity contribution in [3.8, 4) is 0 Å². The van der Waals surface area contributed by atoms with Crippen LogP contribution in [0.3, 0.4) is 0 Å². The Balaban J connectivity index is 1.89. The van der Waals surface area contributed by atoms with Gasteiger partial charge in [0.25, 0.3) is 11.8 Å². The number of carbonyl (C=O) groups excluding carboxylic acids is 4. The number of nitrogens with one attached hydrogen (secondary N) is 4. The number of rotatable bonds is 8. The molecule has 1 aliphatic rings. The van der Waals surface area contributed by atoms with Gasteiger partial charge in [-0.3, -0.25) is 25.2 Å². The highest BCUT2D eigenvalue weighted by molar-refractivity contribution is 5.92. The first-order valence-electron chi connectivity index (χ1n) is 10.4. The lowest BCUT2D eigenvalue weighted by Gasteiger charge is -2.26. The minimum absolute atomic E-state index is 0.0924. The first kappa shape index (κ1) is 23.9. The Hall–Kier alpha value is -3.36. The molecule has 168 valence electrons. The van der Waals surface area contributed by atoms with Crippen LogP contribution in [-0.4, -0.2) is 29.9 Å². The van der Waals surface area contributed by atoms with E-state index in [1.165, 1.54) is 19.5 Å². The average Bonchev–Trinajstić information content (AvgIpc) is 2.77. The van der Waals surface area contributed by atoms with E-state index in [1.54, 1.807) is 0 Å². The number of carbonyl (C=O) groups is 4. The topological polar surface area (TPSA) is 126 Å². The van der Waals surface area contributed by atoms with Gasteiger partial charge in [0, 0.05) is 19.2 Å². The molecule has 1 atom stereocenters. The second-order valence-electron chi connectivity index (χ2n) is 7.51. The smallest absolute Gasteiger partial charge is 0.408 e. The summed E-state index contributed by atoms with van der Waals surface area (Å²) in [6.45, 7) is 1.40. The van der Waals surface area contributed by atoms with Crippen molar-refractivity contribution in [3.63, 3.8) is 0 Å². The molecule has 0 bridgehead atoms. The van der Waals surface area contributed by atoms with Crippen LogP contribution in [-0.2, 0) is 25.7 Å². The van der Waals surface area contributed by atoms with Crippen LogP contribution >= 0.6 is 0 Å². The number of amides is 4. The van der Waals surface area contributed by atoms with Gasteiger partial charge in [-0.05, 0) is 17.9 Å². The van der Waals surface area contributed by atoms with E-state index in [0.717, 1.165) is 37.3 Å². The predicted molar refractivity (Wildman–Crippen MR) is 114 cm³/mol. The second kappa shape index (κ2) is 13.0. The van der Waals surface area contributed by atoms with E-state index >= 15 is 0 Å². The third kappa shape index (κ3) is 9.79. The largest absolute Gasteiger partial charge is 0.445 e. The Kier molecular flexibility index (Phi) is 10.1. The van der Waals surface area contributed by atoms with Gasteiger partial charge < -0.3 is 15.4 Å². The molecule has 1 aromatic carbocycles. The summed E-state index contributed by atoms with van der Waals surface area (Å²) in [5.41, 5.74) is 5.39. The van der Waals surface area contributed by atoms with E-state index < -0.39 is 23.9 Å². The zero-order chi connectivity index (χ0) is 22.5. The number of hydrazine groups is 1. The van der Waals surface area contributed by atoms with Crippen LogP contribution < -0.4 is 21.5 Å². The third-order valence-electron chi connectivity index (χ3n) is 4.95. The lowest BCUT2D eigenvalue weighted by molar-refractivity contribution is -0.128. The summed E-state index contributed by atoms with van der Waals surface area (Å²) in [5.74, 6) is -1.16. The molecule has 0 spiro atoms. The van der Waals surface area contributed by atoms with Crippen LogP contribution in [0.1, 0.15) is 51.0 Å². The van der Waals surface area contributed by atoms with Crippen molar-refractivity contribution < 1.29 is 23.9 Å². The van der Waals surface area contributed by atoms with Crippen molar-refractivity contribution in [2.45, 2.75) is 58.1 Å². The van der Waals surface area contributed by atoms with Gasteiger partial charge in [-0.15, -0.1) is 0 Å². The number of hydrogen-bond donors (Lipinski definition) is 4. The second-order valence-corrected chi connectivity index (χ2v) is 7.51. The van der Waals surface area contributed by atoms with Crippen LogP contribution in [0.2, 0.25) is 0 Å². The molecule has 9 nitrogen and oxygen atoms in total. The van der Waals surface area contributed by atoms with E-state index in [1.807, 2.05) is 30.3 Å². The molecule has 0 heterocycles. The summed E-state index contributed by atoms with van der Waals surface area (Å²) < 4.78 is 5.23. The van der Waals surface area contributed by atoms with Gasteiger partial charge in [0.05, 0.1) is 0 Å². The van der Waals surface area contributed by atoms with Gasteiger partial charge in [0.1, 0.15) is 12.6 Å². The molecule has 31 heavy (non-hydrogen) atoms. The molecular weight excluding hydrogens is 400 g/mol. The molecule has 0 radical (unpaired) electrons. The molecule has 4 amide bonds. The minimum Gasteiger partial charge on any atom is -0.445 e. The Labute approximate surface area is 182 Å². The van der Waals surface area contributed by atoms with Crippen molar-refractivity contribution in [2.75, 3.05) is 0 Å². The normalized spacial score (nSPS) is 15.0. The van der Waals surface area contributed by atoms with Crippen LogP contribution in [0.15, 0.2) is 42.6 Å². The van der Waals surface area contributed by atoms with Gasteiger partial charge in [-0.2, -0.15) is 0 Å². The van der Waals surface area contributed by atoms with Crippen LogP contribution in [0.4, 0.5) is 4.79 Å². The van der Waals surface area contributed by atoms with E-state index in [2.05, 4.69) is 21.5 Å². The Morgan fingerprint density at radius 1 is 1.06 bits per heavy atom. The Morgan fingerprint density at radius 3 is 2.45 bits per heavy atom. The maximum absolute atomic E-state index is 12.6. The van der Waals surface area contributed by atoms with Crippen molar-refractivity contribution in [1.29, 1.82) is 0 Å². The first-order valence-corrected chi connectivity index (χ1v) is 10.4. The Morgan fingerprint density at radius 2 is 1.77 bits per heavy atom. The maximum Gasteiger partial charge on any atom is 0.408 e. The molecule has 1 aliphatic carbocycles. The van der Waals surface area contributed by atoms with Gasteiger partial charge in [-0.1, -0.05) is 62.4 Å². The summed E-state index contributed by atoms with van der Waals surface area (Å²) >= 11 is 0. The van der Waals surface area contributed by atoms with E-state index in [4.69, 9.17) is 4.74 Å². The third-order valence-corrected chi connectivity index (χ3v) is 4.95. The number of alkyl carbamates (subject to hydrolysis) is 1. The molecule has 0 aliphatic heterocycles. The van der Waals surface area contributed by atoms with Gasteiger partial charge >= 0.3 is 6.09 Å². The zero-order valence-electron chi connectivity index (χ0n) is 17.7. The summed E-state index contributed by atoms with van der Waals surface area (Å²) in [6, 6.07) is 8.39. The Bertz CT molecular complexity index is 775. The highest BCUT2D eigenvalue weighted by Gasteiger charge is 2.26. The lowest BCUT2D eigenvalue weighted by atomic mass is 9.84. The number of hydrogen-bond acceptors (Lipinski definition) is 5. The predicted octanol–water partition coefficient (Wildman–Crippen LogP) is 2.05. The molecule has 1 aromatic rings. The molecule has 1 saturated carbocycles. The van der Waals surface area contributed by atoms with Gasteiger partial charge in [0.2, 0.25) is 5.91 Å². The molecule has 2 rings (SSSR count). The summed E-state index contributed by atoms with van der Waals surface area (Å²) in [6.07, 6.45) is 7.37. The molecule has 0 aromatic heterocycles. The van der Waals surface area contributed by atoms with Crippen LogP contribution in [0, 0.1) is 5.92 Å². The highest BCUT2D eigenvalue weighted by Crippen LogP contribution is 2.27. The number of benzene rings is 1. The zero-order valence-corrected chi connectivity index (χ0v) is 17.7. The SMILES string of the molecule is CC(=O)NC=CC(=O)NNC(=O)[C@H](CC1CCCCC1)NC(=O)OCc1ccccc1. The van der Waals surface area contributed by atoms with Gasteiger partial charge in [0.15, 0.2) is 0 Å². The van der Waals surface area contributed by atoms with E-state index in [-0.39, 0.29) is 12.5 Å². The minimum atomic E-state index is -0.842. The maximum atomic E-state index is 12.6. The molecule has 0 saturated heterocycles. The van der Waals surface area contributed by atoms with Crippen molar-refractivity contribution in [2.24, 2.45) is 5.92 Å². The fraction of sp³-hybridized carbons (Fsp3) is 0.455. The van der Waals surface area contributed by atoms with Crippen molar-refractivity contribution in [3.05, 3.63) is 48.2 Å². The summed E-state index contributed by atoms with van der Waals surface area (Å²) in [7, 11) is 0. The fourth-order valence-electron chi connectivity index (χ4n) is 3.38. The fourth-order valence-corrected chi connectivity index (χ4v) is 3.38. The average molecular weight is 431 g/mol. The first-order chi connectivity index (χ1) is 14.9. The summed E-state index contributed by atoms with van der Waals surface area (Å²) in [4.78, 5) is 47.4. The summed E-state index contributed by atoms with van der Waals surface area (Å²) in [5, 5.41) is 4.94. The molecule has 1 fully saturated rings. The molecule has 4 N–H and O–H groups in total. The van der Waals surface area contributed by atoms with E-state index in [9.17, 15) is 19.2 Å². The number of ether oxygens (including phenoxy) is 1. The monoisotopic (exact) mass is 430 g/mol. The van der Waals surface area contributed by atoms with E-state index in [0.29, 0.717) is 12.3 Å². The van der Waals surface area contributed by atoms with Crippen LogP contribution in [0.25, 0.3) is 0 Å². The van der Waals surface area contributed by atoms with Crippen molar-refractivity contribution >= 4 is 23.8 Å². The van der Waals surface area contributed by atoms with Crippen molar-refractivity contribution in [1.82, 2.24) is 21.5 Å². The molecule has 9 heteroatoms. The quantitative estimate of drug-likeness (QED) is 0.371. The standard InChI is InChI=1S/C22H30N4O5/c1-16(27)23-13-12-20(28)25-26-21(29)19(14-17-8-4-2-5-9-17)24-22(30)31-15-18-10-6-3-7-11-18/h3,6-7,10-13,17,19H,2,4-5,8-9,14-15H2,1H3,(H,23,27)(H,24,30)(H,25,28)(H,26,29)/t19-/m0/s1. The van der Waals surface area contributed by atoms with Crippen LogP contribution in [0.5, 0.6) is 0 Å². The highest BCUT2D eigenvalue weighted by atomic mass is 16.5. The lowest BCUT2D eigenvalue weighted by Crippen LogP contribution is -2.52. The van der Waals surface area contributed by atoms with Gasteiger partial charge in [-0.25, -0.2) is 4.79 Å².